The monoisotopic (exact) mass is 277 g/mol. The van der Waals surface area contributed by atoms with Crippen LogP contribution < -0.4 is 5.32 Å². The van der Waals surface area contributed by atoms with Gasteiger partial charge in [0.15, 0.2) is 0 Å². The summed E-state index contributed by atoms with van der Waals surface area (Å²) < 4.78 is 0. The minimum Gasteiger partial charge on any atom is -0.338 e. The number of pyridine rings is 1. The van der Waals surface area contributed by atoms with Crippen LogP contribution in [0.1, 0.15) is 11.3 Å². The van der Waals surface area contributed by atoms with Crippen molar-refractivity contribution < 1.29 is 0 Å². The molecule has 1 aromatic carbocycles. The number of nitrogens with one attached hydrogen (secondary N) is 1. The Balaban J connectivity index is 2.43. The molecule has 0 atom stereocenters. The number of nitrogens with zero attached hydrogens (tertiary/aromatic N) is 2. The van der Waals surface area contributed by atoms with Crippen molar-refractivity contribution >= 4 is 34.7 Å². The van der Waals surface area contributed by atoms with E-state index in [-0.39, 0.29) is 0 Å². The average Bonchev–Trinajstić information content (AvgIpc) is 2.35. The molecule has 0 saturated carbocycles. The van der Waals surface area contributed by atoms with Crippen LogP contribution in [0.3, 0.4) is 0 Å². The molecule has 0 fully saturated rings. The fraction of sp³-hybridized carbons (Fsp3) is 0.0769. The number of halogens is 2. The average molecular weight is 278 g/mol. The molecule has 1 aromatic heterocycles. The number of aryl methyl sites for hydroxylation is 1. The second kappa shape index (κ2) is 5.26. The third-order valence-corrected chi connectivity index (χ3v) is 3.18. The Labute approximate surface area is 115 Å². The van der Waals surface area contributed by atoms with E-state index >= 15 is 0 Å². The molecule has 1 N–H and O–H groups in total. The smallest absolute Gasteiger partial charge is 0.148 e. The Kier molecular flexibility index (Phi) is 3.71. The third kappa shape index (κ3) is 2.56. The van der Waals surface area contributed by atoms with Gasteiger partial charge in [-0.3, -0.25) is 0 Å². The standard InChI is InChI=1S/C13H9Cl2N3/c1-8-5-6-9(7-16)13(17-8)18-11-4-2-3-10(14)12(11)15/h2-6H,1H3,(H,17,18). The summed E-state index contributed by atoms with van der Waals surface area (Å²) in [5.74, 6) is 0.474. The van der Waals surface area contributed by atoms with Gasteiger partial charge in [-0.1, -0.05) is 29.3 Å². The van der Waals surface area contributed by atoms with Crippen molar-refractivity contribution in [3.8, 4) is 6.07 Å². The Bertz CT molecular complexity index is 633. The van der Waals surface area contributed by atoms with Gasteiger partial charge in [-0.15, -0.1) is 0 Å². The van der Waals surface area contributed by atoms with Crippen molar-refractivity contribution in [2.24, 2.45) is 0 Å². The van der Waals surface area contributed by atoms with Crippen molar-refractivity contribution in [2.45, 2.75) is 6.92 Å². The zero-order valence-corrected chi connectivity index (χ0v) is 11.0. The molecule has 2 aromatic rings. The molecule has 0 unspecified atom stereocenters. The maximum absolute atomic E-state index is 9.02. The predicted molar refractivity (Wildman–Crippen MR) is 73.4 cm³/mol. The topological polar surface area (TPSA) is 48.7 Å². The minimum absolute atomic E-state index is 0.409. The maximum Gasteiger partial charge on any atom is 0.148 e. The fourth-order valence-electron chi connectivity index (χ4n) is 1.47. The van der Waals surface area contributed by atoms with Gasteiger partial charge >= 0.3 is 0 Å². The Hall–Kier alpha value is -1.76. The molecule has 3 nitrogen and oxygen atoms in total. The molecule has 0 radical (unpaired) electrons. The summed E-state index contributed by atoms with van der Waals surface area (Å²) >= 11 is 12.0. The van der Waals surface area contributed by atoms with E-state index in [1.165, 1.54) is 0 Å². The van der Waals surface area contributed by atoms with Crippen molar-refractivity contribution in [3.63, 3.8) is 0 Å². The Morgan fingerprint density at radius 3 is 2.72 bits per heavy atom. The summed E-state index contributed by atoms with van der Waals surface area (Å²) in [6, 6.07) is 10.8. The van der Waals surface area contributed by atoms with E-state index in [0.717, 1.165) is 5.69 Å². The summed E-state index contributed by atoms with van der Waals surface area (Å²) in [4.78, 5) is 4.27. The van der Waals surface area contributed by atoms with E-state index in [0.29, 0.717) is 27.1 Å². The molecule has 0 amide bonds. The molecule has 0 spiro atoms. The van der Waals surface area contributed by atoms with Gasteiger partial charge in [-0.2, -0.15) is 5.26 Å². The normalized spacial score (nSPS) is 9.89. The van der Waals surface area contributed by atoms with Crippen LogP contribution in [0.4, 0.5) is 11.5 Å². The quantitative estimate of drug-likeness (QED) is 0.890. The summed E-state index contributed by atoms with van der Waals surface area (Å²) in [5.41, 5.74) is 1.89. The number of aromatic nitrogens is 1. The molecule has 90 valence electrons. The second-order valence-corrected chi connectivity index (χ2v) is 4.47. The summed E-state index contributed by atoms with van der Waals surface area (Å²) in [6.45, 7) is 1.85. The van der Waals surface area contributed by atoms with Crippen LogP contribution in [0.15, 0.2) is 30.3 Å². The van der Waals surface area contributed by atoms with Gasteiger partial charge in [0.05, 0.1) is 21.3 Å². The van der Waals surface area contributed by atoms with Crippen LogP contribution in [0.2, 0.25) is 10.0 Å². The number of nitriles is 1. The van der Waals surface area contributed by atoms with Crippen LogP contribution in [0.5, 0.6) is 0 Å². The number of benzene rings is 1. The molecular weight excluding hydrogens is 269 g/mol. The molecule has 18 heavy (non-hydrogen) atoms. The lowest BCUT2D eigenvalue weighted by atomic mass is 10.2. The number of anilines is 2. The molecule has 0 aliphatic heterocycles. The fourth-order valence-corrected chi connectivity index (χ4v) is 1.82. The van der Waals surface area contributed by atoms with Crippen molar-refractivity contribution in [3.05, 3.63) is 51.6 Å². The number of hydrogen-bond donors (Lipinski definition) is 1. The molecular formula is C13H9Cl2N3. The molecule has 5 heteroatoms. The van der Waals surface area contributed by atoms with Gasteiger partial charge in [0, 0.05) is 5.69 Å². The Morgan fingerprint density at radius 1 is 1.22 bits per heavy atom. The summed E-state index contributed by atoms with van der Waals surface area (Å²) in [7, 11) is 0. The van der Waals surface area contributed by atoms with Gasteiger partial charge in [0.1, 0.15) is 11.9 Å². The highest BCUT2D eigenvalue weighted by molar-refractivity contribution is 6.43. The minimum atomic E-state index is 0.409. The maximum atomic E-state index is 9.02. The third-order valence-electron chi connectivity index (χ3n) is 2.36. The highest BCUT2D eigenvalue weighted by Crippen LogP contribution is 2.31. The molecule has 0 aliphatic carbocycles. The van der Waals surface area contributed by atoms with Crippen LogP contribution >= 0.6 is 23.2 Å². The van der Waals surface area contributed by atoms with Crippen molar-refractivity contribution in [1.82, 2.24) is 4.98 Å². The summed E-state index contributed by atoms with van der Waals surface area (Å²) in [6.07, 6.45) is 0. The highest BCUT2D eigenvalue weighted by atomic mass is 35.5. The Morgan fingerprint density at radius 2 is 2.00 bits per heavy atom. The largest absolute Gasteiger partial charge is 0.338 e. The van der Waals surface area contributed by atoms with E-state index in [9.17, 15) is 0 Å². The highest BCUT2D eigenvalue weighted by Gasteiger charge is 2.08. The van der Waals surface area contributed by atoms with E-state index in [1.54, 1.807) is 30.3 Å². The predicted octanol–water partition coefficient (Wildman–Crippen LogP) is 4.31. The lowest BCUT2D eigenvalue weighted by Gasteiger charge is -2.10. The van der Waals surface area contributed by atoms with Crippen LogP contribution in [-0.2, 0) is 0 Å². The first-order chi connectivity index (χ1) is 8.61. The van der Waals surface area contributed by atoms with E-state index in [2.05, 4.69) is 16.4 Å². The van der Waals surface area contributed by atoms with Crippen molar-refractivity contribution in [1.29, 1.82) is 5.26 Å². The molecule has 0 aliphatic rings. The van der Waals surface area contributed by atoms with E-state index < -0.39 is 0 Å². The first kappa shape index (κ1) is 12.7. The van der Waals surface area contributed by atoms with Gasteiger partial charge in [-0.05, 0) is 31.2 Å². The summed E-state index contributed by atoms with van der Waals surface area (Å²) in [5, 5.41) is 12.9. The molecule has 0 bridgehead atoms. The molecule has 2 rings (SSSR count). The lowest BCUT2D eigenvalue weighted by Crippen LogP contribution is -1.99. The van der Waals surface area contributed by atoms with Gasteiger partial charge in [0.2, 0.25) is 0 Å². The van der Waals surface area contributed by atoms with E-state index in [1.807, 2.05) is 6.92 Å². The van der Waals surface area contributed by atoms with Gasteiger partial charge < -0.3 is 5.32 Å². The SMILES string of the molecule is Cc1ccc(C#N)c(Nc2cccc(Cl)c2Cl)n1. The van der Waals surface area contributed by atoms with Crippen molar-refractivity contribution in [2.75, 3.05) is 5.32 Å². The van der Waals surface area contributed by atoms with Gasteiger partial charge in [0.25, 0.3) is 0 Å². The van der Waals surface area contributed by atoms with Crippen LogP contribution in [0.25, 0.3) is 0 Å². The van der Waals surface area contributed by atoms with E-state index in [4.69, 9.17) is 28.5 Å². The van der Waals surface area contributed by atoms with Gasteiger partial charge in [-0.25, -0.2) is 4.98 Å². The molecule has 1 heterocycles. The molecule has 0 saturated heterocycles. The van der Waals surface area contributed by atoms with Crippen LogP contribution in [0, 0.1) is 18.3 Å². The number of hydrogen-bond acceptors (Lipinski definition) is 3. The second-order valence-electron chi connectivity index (χ2n) is 3.69. The van der Waals surface area contributed by atoms with Crippen LogP contribution in [-0.4, -0.2) is 4.98 Å². The lowest BCUT2D eigenvalue weighted by molar-refractivity contribution is 1.19. The zero-order chi connectivity index (χ0) is 13.1. The first-order valence-electron chi connectivity index (χ1n) is 5.20. The number of rotatable bonds is 2. The zero-order valence-electron chi connectivity index (χ0n) is 9.54. The first-order valence-corrected chi connectivity index (χ1v) is 5.96.